The maximum Gasteiger partial charge on any atom is 0.320 e. The molecule has 0 amide bonds. The van der Waals surface area contributed by atoms with Crippen molar-refractivity contribution in [1.82, 2.24) is 10.5 Å². The summed E-state index contributed by atoms with van der Waals surface area (Å²) in [5, 5.41) is 14.7. The smallest absolute Gasteiger partial charge is 0.320 e. The maximum absolute atomic E-state index is 10.4. The molecule has 66 valence electrons. The highest BCUT2D eigenvalue weighted by atomic mass is 16.5. The van der Waals surface area contributed by atoms with E-state index < -0.39 is 12.0 Å². The summed E-state index contributed by atoms with van der Waals surface area (Å²) >= 11 is 0. The first-order chi connectivity index (χ1) is 5.70. The SMILES string of the molecule is C[C@H](NCc1ccno1)C(=O)O. The van der Waals surface area contributed by atoms with Crippen LogP contribution in [0.1, 0.15) is 12.7 Å². The van der Waals surface area contributed by atoms with Crippen LogP contribution in [-0.4, -0.2) is 22.3 Å². The van der Waals surface area contributed by atoms with Crippen molar-refractivity contribution in [3.05, 3.63) is 18.0 Å². The van der Waals surface area contributed by atoms with E-state index in [-0.39, 0.29) is 0 Å². The van der Waals surface area contributed by atoms with E-state index in [9.17, 15) is 4.79 Å². The van der Waals surface area contributed by atoms with Crippen LogP contribution in [0.15, 0.2) is 16.8 Å². The number of nitrogens with zero attached hydrogens (tertiary/aromatic N) is 1. The first kappa shape index (κ1) is 8.73. The van der Waals surface area contributed by atoms with Crippen LogP contribution < -0.4 is 5.32 Å². The summed E-state index contributed by atoms with van der Waals surface area (Å²) in [7, 11) is 0. The van der Waals surface area contributed by atoms with E-state index in [4.69, 9.17) is 9.63 Å². The molecule has 0 radical (unpaired) electrons. The average molecular weight is 170 g/mol. The van der Waals surface area contributed by atoms with Crippen LogP contribution in [-0.2, 0) is 11.3 Å². The maximum atomic E-state index is 10.4. The van der Waals surface area contributed by atoms with Gasteiger partial charge in [-0.1, -0.05) is 5.16 Å². The Kier molecular flexibility index (Phi) is 2.82. The number of carbonyl (C=O) groups is 1. The Morgan fingerprint density at radius 3 is 3.17 bits per heavy atom. The Morgan fingerprint density at radius 1 is 1.92 bits per heavy atom. The summed E-state index contributed by atoms with van der Waals surface area (Å²) in [6.45, 7) is 1.95. The second-order valence-electron chi connectivity index (χ2n) is 2.42. The van der Waals surface area contributed by atoms with Crippen LogP contribution in [0.4, 0.5) is 0 Å². The second kappa shape index (κ2) is 3.87. The summed E-state index contributed by atoms with van der Waals surface area (Å²) < 4.78 is 4.76. The Hall–Kier alpha value is -1.36. The van der Waals surface area contributed by atoms with E-state index in [1.54, 1.807) is 13.0 Å². The largest absolute Gasteiger partial charge is 0.480 e. The molecule has 12 heavy (non-hydrogen) atoms. The number of aromatic nitrogens is 1. The van der Waals surface area contributed by atoms with E-state index in [0.717, 1.165) is 0 Å². The normalized spacial score (nSPS) is 12.8. The molecular weight excluding hydrogens is 160 g/mol. The monoisotopic (exact) mass is 170 g/mol. The van der Waals surface area contributed by atoms with Crippen molar-refractivity contribution in [1.29, 1.82) is 0 Å². The van der Waals surface area contributed by atoms with E-state index in [1.807, 2.05) is 0 Å². The van der Waals surface area contributed by atoms with Gasteiger partial charge in [0, 0.05) is 6.07 Å². The van der Waals surface area contributed by atoms with Crippen LogP contribution in [0.3, 0.4) is 0 Å². The van der Waals surface area contributed by atoms with Crippen molar-refractivity contribution < 1.29 is 14.4 Å². The molecule has 1 aromatic heterocycles. The lowest BCUT2D eigenvalue weighted by Gasteiger charge is -2.05. The predicted octanol–water partition coefficient (Wildman–Crippen LogP) is 0.237. The summed E-state index contributed by atoms with van der Waals surface area (Å²) in [5.74, 6) is -0.252. The van der Waals surface area contributed by atoms with Crippen LogP contribution in [0.2, 0.25) is 0 Å². The zero-order chi connectivity index (χ0) is 8.97. The molecule has 1 rings (SSSR count). The molecule has 2 N–H and O–H groups in total. The number of hydrogen-bond donors (Lipinski definition) is 2. The minimum absolute atomic E-state index is 0.382. The number of carboxylic acids is 1. The van der Waals surface area contributed by atoms with Gasteiger partial charge in [-0.05, 0) is 6.92 Å². The molecule has 0 saturated carbocycles. The van der Waals surface area contributed by atoms with Gasteiger partial charge in [0.15, 0.2) is 0 Å². The van der Waals surface area contributed by atoms with Gasteiger partial charge >= 0.3 is 5.97 Å². The van der Waals surface area contributed by atoms with Crippen molar-refractivity contribution in [2.75, 3.05) is 0 Å². The first-order valence-electron chi connectivity index (χ1n) is 3.56. The van der Waals surface area contributed by atoms with Crippen molar-refractivity contribution >= 4 is 5.97 Å². The fourth-order valence-electron chi connectivity index (χ4n) is 0.674. The Morgan fingerprint density at radius 2 is 2.67 bits per heavy atom. The molecule has 0 spiro atoms. The van der Waals surface area contributed by atoms with E-state index >= 15 is 0 Å². The number of nitrogens with one attached hydrogen (secondary N) is 1. The molecule has 1 aromatic rings. The quantitative estimate of drug-likeness (QED) is 0.676. The molecule has 0 unspecified atom stereocenters. The highest BCUT2D eigenvalue weighted by Crippen LogP contribution is 1.95. The number of rotatable bonds is 4. The van der Waals surface area contributed by atoms with Crippen LogP contribution >= 0.6 is 0 Å². The Bertz CT molecular complexity index is 245. The number of carboxylic acid groups (broad SMARTS) is 1. The third kappa shape index (κ3) is 2.35. The molecule has 5 nitrogen and oxygen atoms in total. The molecular formula is C7H10N2O3. The molecule has 5 heteroatoms. The third-order valence-corrected chi connectivity index (χ3v) is 1.44. The van der Waals surface area contributed by atoms with Gasteiger partial charge < -0.3 is 9.63 Å². The first-order valence-corrected chi connectivity index (χ1v) is 3.56. The zero-order valence-electron chi connectivity index (χ0n) is 6.65. The van der Waals surface area contributed by atoms with Gasteiger partial charge in [-0.3, -0.25) is 10.1 Å². The molecule has 0 bridgehead atoms. The molecule has 1 heterocycles. The van der Waals surface area contributed by atoms with E-state index in [0.29, 0.717) is 12.3 Å². The minimum atomic E-state index is -0.880. The van der Waals surface area contributed by atoms with Crippen LogP contribution in [0.25, 0.3) is 0 Å². The van der Waals surface area contributed by atoms with Gasteiger partial charge in [-0.2, -0.15) is 0 Å². The molecule has 0 aliphatic carbocycles. The highest BCUT2D eigenvalue weighted by Gasteiger charge is 2.09. The summed E-state index contributed by atoms with van der Waals surface area (Å²) in [4.78, 5) is 10.4. The van der Waals surface area contributed by atoms with E-state index in [2.05, 4.69) is 10.5 Å². The predicted molar refractivity (Wildman–Crippen MR) is 40.4 cm³/mol. The van der Waals surface area contributed by atoms with Crippen molar-refractivity contribution in [3.63, 3.8) is 0 Å². The Labute approximate surface area is 69.4 Å². The molecule has 0 saturated heterocycles. The van der Waals surface area contributed by atoms with Crippen molar-refractivity contribution in [3.8, 4) is 0 Å². The molecule has 1 atom stereocenters. The van der Waals surface area contributed by atoms with Crippen LogP contribution in [0.5, 0.6) is 0 Å². The van der Waals surface area contributed by atoms with Gasteiger partial charge in [0.05, 0.1) is 12.7 Å². The number of aliphatic carboxylic acids is 1. The standard InChI is InChI=1S/C7H10N2O3/c1-5(7(10)11)8-4-6-2-3-9-12-6/h2-3,5,8H,4H2,1H3,(H,10,11)/t5-/m0/s1. The average Bonchev–Trinajstić information content (AvgIpc) is 2.51. The number of hydrogen-bond acceptors (Lipinski definition) is 4. The Balaban J connectivity index is 2.31. The third-order valence-electron chi connectivity index (χ3n) is 1.44. The molecule has 0 aliphatic heterocycles. The van der Waals surface area contributed by atoms with Crippen molar-refractivity contribution in [2.45, 2.75) is 19.5 Å². The highest BCUT2D eigenvalue weighted by molar-refractivity contribution is 5.72. The zero-order valence-corrected chi connectivity index (χ0v) is 6.65. The second-order valence-corrected chi connectivity index (χ2v) is 2.42. The molecule has 0 aromatic carbocycles. The van der Waals surface area contributed by atoms with Gasteiger partial charge in [0.25, 0.3) is 0 Å². The summed E-state index contributed by atoms with van der Waals surface area (Å²) in [6, 6.07) is 1.11. The van der Waals surface area contributed by atoms with Gasteiger partial charge in [0.2, 0.25) is 0 Å². The summed E-state index contributed by atoms with van der Waals surface area (Å²) in [5.41, 5.74) is 0. The topological polar surface area (TPSA) is 75.4 Å². The molecule has 0 aliphatic rings. The lowest BCUT2D eigenvalue weighted by Crippen LogP contribution is -2.32. The fraction of sp³-hybridized carbons (Fsp3) is 0.429. The summed E-state index contributed by atoms with van der Waals surface area (Å²) in [6.07, 6.45) is 1.52. The van der Waals surface area contributed by atoms with E-state index in [1.165, 1.54) is 6.20 Å². The lowest BCUT2D eigenvalue weighted by atomic mass is 10.3. The van der Waals surface area contributed by atoms with Crippen molar-refractivity contribution in [2.24, 2.45) is 0 Å². The van der Waals surface area contributed by atoms with Crippen LogP contribution in [0, 0.1) is 0 Å². The lowest BCUT2D eigenvalue weighted by molar-refractivity contribution is -0.139. The van der Waals surface area contributed by atoms with Gasteiger partial charge in [0.1, 0.15) is 11.8 Å². The minimum Gasteiger partial charge on any atom is -0.480 e. The van der Waals surface area contributed by atoms with Gasteiger partial charge in [-0.25, -0.2) is 0 Å². The fourth-order valence-corrected chi connectivity index (χ4v) is 0.674. The molecule has 0 fully saturated rings. The van der Waals surface area contributed by atoms with Gasteiger partial charge in [-0.15, -0.1) is 0 Å².